The fourth-order valence-electron chi connectivity index (χ4n) is 1.91. The molecule has 20 heavy (non-hydrogen) atoms. The molecule has 0 radical (unpaired) electrons. The maximum Gasteiger partial charge on any atom is 0.257 e. The molecular formula is C14H8Br2N2OS. The standard InChI is InChI=1S/C14H8Br2N2OS/c15-12-6-9(13(16)20-12)14(19)18-11-3-1-2-8-4-5-17-7-10(8)11/h1-7H,(H,18,19). The van der Waals surface area contributed by atoms with E-state index in [-0.39, 0.29) is 5.91 Å². The molecule has 0 bridgehead atoms. The van der Waals surface area contributed by atoms with Crippen LogP contribution in [0.25, 0.3) is 10.8 Å². The first-order chi connectivity index (χ1) is 9.65. The maximum absolute atomic E-state index is 12.3. The summed E-state index contributed by atoms with van der Waals surface area (Å²) in [6, 6.07) is 9.49. The van der Waals surface area contributed by atoms with Crippen LogP contribution in [0.3, 0.4) is 0 Å². The molecule has 1 amide bonds. The third kappa shape index (κ3) is 2.63. The van der Waals surface area contributed by atoms with Crippen LogP contribution in [0.15, 0.2) is 50.3 Å². The van der Waals surface area contributed by atoms with Gasteiger partial charge in [-0.3, -0.25) is 9.78 Å². The van der Waals surface area contributed by atoms with Gasteiger partial charge in [0.15, 0.2) is 0 Å². The molecule has 0 saturated heterocycles. The van der Waals surface area contributed by atoms with Crippen LogP contribution in [-0.2, 0) is 0 Å². The van der Waals surface area contributed by atoms with Crippen molar-refractivity contribution in [2.45, 2.75) is 0 Å². The van der Waals surface area contributed by atoms with Crippen molar-refractivity contribution in [1.29, 1.82) is 0 Å². The Morgan fingerprint density at radius 1 is 1.25 bits per heavy atom. The van der Waals surface area contributed by atoms with Gasteiger partial charge in [0, 0.05) is 17.8 Å². The summed E-state index contributed by atoms with van der Waals surface area (Å²) in [5.74, 6) is -0.143. The van der Waals surface area contributed by atoms with Crippen LogP contribution in [0.1, 0.15) is 10.4 Å². The van der Waals surface area contributed by atoms with E-state index in [9.17, 15) is 4.79 Å². The number of amides is 1. The molecule has 0 atom stereocenters. The Morgan fingerprint density at radius 2 is 2.10 bits per heavy atom. The first kappa shape index (κ1) is 13.7. The third-order valence-corrected chi connectivity index (χ3v) is 5.17. The highest BCUT2D eigenvalue weighted by Crippen LogP contribution is 2.32. The van der Waals surface area contributed by atoms with Gasteiger partial charge in [0.25, 0.3) is 5.91 Å². The van der Waals surface area contributed by atoms with Gasteiger partial charge >= 0.3 is 0 Å². The van der Waals surface area contributed by atoms with E-state index in [0.717, 1.165) is 24.0 Å². The van der Waals surface area contributed by atoms with Gasteiger partial charge < -0.3 is 5.32 Å². The minimum absolute atomic E-state index is 0.143. The van der Waals surface area contributed by atoms with Crippen LogP contribution < -0.4 is 5.32 Å². The predicted molar refractivity (Wildman–Crippen MR) is 89.4 cm³/mol. The molecule has 2 heterocycles. The van der Waals surface area contributed by atoms with Gasteiger partial charge in [0.05, 0.1) is 18.8 Å². The Morgan fingerprint density at radius 3 is 2.85 bits per heavy atom. The minimum atomic E-state index is -0.143. The summed E-state index contributed by atoms with van der Waals surface area (Å²) in [5, 5.41) is 4.90. The Balaban J connectivity index is 1.97. The summed E-state index contributed by atoms with van der Waals surface area (Å²) >= 11 is 8.24. The number of rotatable bonds is 2. The Kier molecular flexibility index (Phi) is 3.87. The highest BCUT2D eigenvalue weighted by atomic mass is 79.9. The van der Waals surface area contributed by atoms with Crippen LogP contribution in [0, 0.1) is 0 Å². The number of fused-ring (bicyclic) bond motifs is 1. The van der Waals surface area contributed by atoms with E-state index in [1.807, 2.05) is 24.3 Å². The zero-order chi connectivity index (χ0) is 14.1. The minimum Gasteiger partial charge on any atom is -0.321 e. The number of benzene rings is 1. The summed E-state index contributed by atoms with van der Waals surface area (Å²) in [4.78, 5) is 16.4. The van der Waals surface area contributed by atoms with Gasteiger partial charge in [0.2, 0.25) is 0 Å². The van der Waals surface area contributed by atoms with Crippen molar-refractivity contribution < 1.29 is 4.79 Å². The average molecular weight is 412 g/mol. The van der Waals surface area contributed by atoms with E-state index in [4.69, 9.17) is 0 Å². The number of pyridine rings is 1. The summed E-state index contributed by atoms with van der Waals surface area (Å²) in [5.41, 5.74) is 1.37. The quantitative estimate of drug-likeness (QED) is 0.639. The Hall–Kier alpha value is -1.24. The lowest BCUT2D eigenvalue weighted by Crippen LogP contribution is -2.11. The lowest BCUT2D eigenvalue weighted by atomic mass is 10.1. The first-order valence-electron chi connectivity index (χ1n) is 5.74. The highest BCUT2D eigenvalue weighted by molar-refractivity contribution is 9.12. The number of nitrogens with one attached hydrogen (secondary N) is 1. The fraction of sp³-hybridized carbons (Fsp3) is 0. The summed E-state index contributed by atoms with van der Waals surface area (Å²) in [6.45, 7) is 0. The molecular weight excluding hydrogens is 404 g/mol. The van der Waals surface area contributed by atoms with Crippen molar-refractivity contribution in [2.75, 3.05) is 5.32 Å². The van der Waals surface area contributed by atoms with E-state index >= 15 is 0 Å². The second-order valence-electron chi connectivity index (χ2n) is 4.09. The van der Waals surface area contributed by atoms with Crippen LogP contribution in [-0.4, -0.2) is 10.9 Å². The number of halogens is 2. The van der Waals surface area contributed by atoms with Crippen LogP contribution in [0.2, 0.25) is 0 Å². The molecule has 2 aromatic heterocycles. The SMILES string of the molecule is O=C(Nc1cccc2ccncc12)c1cc(Br)sc1Br. The van der Waals surface area contributed by atoms with Crippen LogP contribution >= 0.6 is 43.2 Å². The monoisotopic (exact) mass is 410 g/mol. The zero-order valence-corrected chi connectivity index (χ0v) is 14.0. The number of nitrogens with zero attached hydrogens (tertiary/aromatic N) is 1. The lowest BCUT2D eigenvalue weighted by Gasteiger charge is -2.07. The van der Waals surface area contributed by atoms with Crippen LogP contribution in [0.4, 0.5) is 5.69 Å². The second kappa shape index (κ2) is 5.63. The Labute approximate surface area is 136 Å². The van der Waals surface area contributed by atoms with Gasteiger partial charge in [0.1, 0.15) is 0 Å². The number of carbonyl (C=O) groups excluding carboxylic acids is 1. The van der Waals surface area contributed by atoms with Crippen molar-refractivity contribution in [3.05, 3.63) is 55.9 Å². The summed E-state index contributed by atoms with van der Waals surface area (Å²) in [7, 11) is 0. The van der Waals surface area contributed by atoms with Crippen LogP contribution in [0.5, 0.6) is 0 Å². The van der Waals surface area contributed by atoms with Gasteiger partial charge in [-0.15, -0.1) is 11.3 Å². The molecule has 3 aromatic rings. The number of hydrogen-bond acceptors (Lipinski definition) is 3. The lowest BCUT2D eigenvalue weighted by molar-refractivity contribution is 0.102. The number of aromatic nitrogens is 1. The molecule has 0 spiro atoms. The van der Waals surface area contributed by atoms with E-state index in [1.54, 1.807) is 18.5 Å². The number of anilines is 1. The summed E-state index contributed by atoms with van der Waals surface area (Å²) in [6.07, 6.45) is 3.49. The fourth-order valence-corrected chi connectivity index (χ4v) is 4.70. The van der Waals surface area contributed by atoms with Gasteiger partial charge in [-0.2, -0.15) is 0 Å². The number of carbonyl (C=O) groups is 1. The van der Waals surface area contributed by atoms with Crippen molar-refractivity contribution >= 4 is 65.6 Å². The van der Waals surface area contributed by atoms with Gasteiger partial charge in [-0.25, -0.2) is 0 Å². The Bertz CT molecular complexity index is 795. The molecule has 3 nitrogen and oxygen atoms in total. The van der Waals surface area contributed by atoms with Crippen molar-refractivity contribution in [1.82, 2.24) is 4.98 Å². The van der Waals surface area contributed by atoms with Crippen molar-refractivity contribution in [2.24, 2.45) is 0 Å². The molecule has 1 aromatic carbocycles. The molecule has 0 fully saturated rings. The first-order valence-corrected chi connectivity index (χ1v) is 8.14. The molecule has 0 unspecified atom stereocenters. The highest BCUT2D eigenvalue weighted by Gasteiger charge is 2.14. The van der Waals surface area contributed by atoms with Gasteiger partial charge in [-0.05, 0) is 55.4 Å². The normalized spacial score (nSPS) is 10.7. The predicted octanol–water partition coefficient (Wildman–Crippen LogP) is 5.07. The number of hydrogen-bond donors (Lipinski definition) is 1. The summed E-state index contributed by atoms with van der Waals surface area (Å²) < 4.78 is 1.72. The largest absolute Gasteiger partial charge is 0.321 e. The molecule has 1 N–H and O–H groups in total. The third-order valence-electron chi connectivity index (χ3n) is 2.83. The van der Waals surface area contributed by atoms with E-state index in [1.165, 1.54) is 11.3 Å². The second-order valence-corrected chi connectivity index (χ2v) is 7.84. The average Bonchev–Trinajstić information content (AvgIpc) is 2.78. The molecule has 100 valence electrons. The number of thiophene rings is 1. The van der Waals surface area contributed by atoms with Crippen molar-refractivity contribution in [3.63, 3.8) is 0 Å². The molecule has 6 heteroatoms. The zero-order valence-electron chi connectivity index (χ0n) is 10.1. The molecule has 3 rings (SSSR count). The maximum atomic E-state index is 12.3. The molecule has 0 saturated carbocycles. The molecule has 0 aliphatic heterocycles. The molecule has 0 aliphatic carbocycles. The smallest absolute Gasteiger partial charge is 0.257 e. The van der Waals surface area contributed by atoms with Gasteiger partial charge in [-0.1, -0.05) is 12.1 Å². The van der Waals surface area contributed by atoms with E-state index < -0.39 is 0 Å². The van der Waals surface area contributed by atoms with E-state index in [2.05, 4.69) is 42.2 Å². The topological polar surface area (TPSA) is 42.0 Å². The van der Waals surface area contributed by atoms with E-state index in [0.29, 0.717) is 5.56 Å². The van der Waals surface area contributed by atoms with Crippen molar-refractivity contribution in [3.8, 4) is 0 Å². The molecule has 0 aliphatic rings.